The van der Waals surface area contributed by atoms with E-state index < -0.39 is 10.0 Å². The van der Waals surface area contributed by atoms with E-state index in [9.17, 15) is 13.2 Å². The Hall–Kier alpha value is -0.960. The summed E-state index contributed by atoms with van der Waals surface area (Å²) >= 11 is 3.38. The van der Waals surface area contributed by atoms with Gasteiger partial charge in [-0.1, -0.05) is 0 Å². The molecular weight excluding hydrogens is 370 g/mol. The van der Waals surface area contributed by atoms with Crippen molar-refractivity contribution in [3.63, 3.8) is 0 Å². The molecule has 0 radical (unpaired) electrons. The lowest BCUT2D eigenvalue weighted by Crippen LogP contribution is -2.52. The Balaban J connectivity index is 2.03. The summed E-state index contributed by atoms with van der Waals surface area (Å²) in [5, 5.41) is 5.94. The predicted octanol–water partition coefficient (Wildman–Crippen LogP) is 1.32. The minimum atomic E-state index is -3.60. The van der Waals surface area contributed by atoms with E-state index in [1.165, 1.54) is 4.31 Å². The number of anilines is 1. The zero-order chi connectivity index (χ0) is 15.9. The summed E-state index contributed by atoms with van der Waals surface area (Å²) in [4.78, 5) is 11.7. The number of fused-ring (bicyclic) bond motifs is 1. The third-order valence-electron chi connectivity index (χ3n) is 4.08. The van der Waals surface area contributed by atoms with E-state index >= 15 is 0 Å². The van der Waals surface area contributed by atoms with Crippen molar-refractivity contribution in [2.45, 2.75) is 30.7 Å². The highest BCUT2D eigenvalue weighted by atomic mass is 79.9. The number of hydrogen-bond donors (Lipinski definition) is 2. The van der Waals surface area contributed by atoms with E-state index in [0.29, 0.717) is 42.6 Å². The topological polar surface area (TPSA) is 78.5 Å². The van der Waals surface area contributed by atoms with E-state index in [1.54, 1.807) is 12.1 Å². The van der Waals surface area contributed by atoms with E-state index in [4.69, 9.17) is 0 Å². The van der Waals surface area contributed by atoms with Crippen molar-refractivity contribution < 1.29 is 13.2 Å². The normalized spacial score (nSPS) is 23.0. The number of carbonyl (C=O) groups is 1. The highest BCUT2D eigenvalue weighted by Crippen LogP contribution is 2.34. The SMILES string of the molecule is CC1CNCCN1S(=O)(=O)c1cc2c(cc1Br)CCC(=O)N2. The molecule has 0 bridgehead atoms. The molecule has 1 atom stereocenters. The van der Waals surface area contributed by atoms with Gasteiger partial charge in [0.15, 0.2) is 0 Å². The van der Waals surface area contributed by atoms with Crippen molar-refractivity contribution >= 4 is 37.5 Å². The average molecular weight is 388 g/mol. The van der Waals surface area contributed by atoms with Crippen LogP contribution in [0.5, 0.6) is 0 Å². The number of aryl methyl sites for hydroxylation is 1. The van der Waals surface area contributed by atoms with Crippen LogP contribution in [0.25, 0.3) is 0 Å². The molecule has 0 saturated carbocycles. The van der Waals surface area contributed by atoms with E-state index in [0.717, 1.165) is 5.56 Å². The first-order chi connectivity index (χ1) is 10.4. The molecule has 6 nitrogen and oxygen atoms in total. The van der Waals surface area contributed by atoms with Crippen molar-refractivity contribution in [3.05, 3.63) is 22.2 Å². The summed E-state index contributed by atoms with van der Waals surface area (Å²) < 4.78 is 27.9. The highest BCUT2D eigenvalue weighted by molar-refractivity contribution is 9.10. The fourth-order valence-corrected chi connectivity index (χ4v) is 5.59. The zero-order valence-electron chi connectivity index (χ0n) is 12.2. The number of carbonyl (C=O) groups excluding carboxylic acids is 1. The smallest absolute Gasteiger partial charge is 0.244 e. The molecule has 1 fully saturated rings. The van der Waals surface area contributed by atoms with Crippen LogP contribution in [-0.2, 0) is 21.2 Å². The monoisotopic (exact) mass is 387 g/mol. The molecule has 1 aromatic rings. The summed E-state index contributed by atoms with van der Waals surface area (Å²) in [6.45, 7) is 3.61. The van der Waals surface area contributed by atoms with Crippen LogP contribution >= 0.6 is 15.9 Å². The number of benzene rings is 1. The van der Waals surface area contributed by atoms with Gasteiger partial charge in [-0.15, -0.1) is 0 Å². The van der Waals surface area contributed by atoms with Gasteiger partial charge in [-0.25, -0.2) is 8.42 Å². The molecule has 120 valence electrons. The number of rotatable bonds is 2. The van der Waals surface area contributed by atoms with Gasteiger partial charge in [0.1, 0.15) is 0 Å². The number of amides is 1. The number of piperazine rings is 1. The van der Waals surface area contributed by atoms with Gasteiger partial charge in [-0.2, -0.15) is 4.31 Å². The standard InChI is InChI=1S/C14H18BrN3O3S/c1-9-8-16-4-5-18(9)22(20,21)13-7-12-10(6-11(13)15)2-3-14(19)17-12/h6-7,9,16H,2-5,8H2,1H3,(H,17,19). The minimum absolute atomic E-state index is 0.0753. The van der Waals surface area contributed by atoms with Crippen LogP contribution in [-0.4, -0.2) is 44.3 Å². The maximum atomic E-state index is 12.9. The summed E-state index contributed by atoms with van der Waals surface area (Å²) in [6, 6.07) is 3.27. The van der Waals surface area contributed by atoms with Crippen LogP contribution in [0.4, 0.5) is 5.69 Å². The Bertz CT molecular complexity index is 720. The Morgan fingerprint density at radius 1 is 1.32 bits per heavy atom. The predicted molar refractivity (Wildman–Crippen MR) is 87.3 cm³/mol. The van der Waals surface area contributed by atoms with E-state index in [-0.39, 0.29) is 16.8 Å². The molecule has 1 aromatic carbocycles. The number of nitrogens with one attached hydrogen (secondary N) is 2. The van der Waals surface area contributed by atoms with Crippen LogP contribution in [0.1, 0.15) is 18.9 Å². The Kier molecular flexibility index (Phi) is 4.28. The lowest BCUT2D eigenvalue weighted by atomic mass is 10.0. The van der Waals surface area contributed by atoms with Crippen molar-refractivity contribution in [2.75, 3.05) is 25.0 Å². The maximum absolute atomic E-state index is 12.9. The van der Waals surface area contributed by atoms with Crippen LogP contribution in [0, 0.1) is 0 Å². The molecule has 8 heteroatoms. The second-order valence-electron chi connectivity index (χ2n) is 5.66. The van der Waals surface area contributed by atoms with Gasteiger partial charge >= 0.3 is 0 Å². The van der Waals surface area contributed by atoms with E-state index in [2.05, 4.69) is 26.6 Å². The van der Waals surface area contributed by atoms with Gasteiger partial charge in [0.2, 0.25) is 15.9 Å². The van der Waals surface area contributed by atoms with Crippen molar-refractivity contribution in [1.82, 2.24) is 9.62 Å². The van der Waals surface area contributed by atoms with Crippen molar-refractivity contribution in [2.24, 2.45) is 0 Å². The van der Waals surface area contributed by atoms with E-state index in [1.807, 2.05) is 6.92 Å². The molecule has 0 aromatic heterocycles. The molecule has 1 unspecified atom stereocenters. The lowest BCUT2D eigenvalue weighted by Gasteiger charge is -2.33. The maximum Gasteiger partial charge on any atom is 0.244 e. The Morgan fingerprint density at radius 3 is 2.82 bits per heavy atom. The Morgan fingerprint density at radius 2 is 2.09 bits per heavy atom. The minimum Gasteiger partial charge on any atom is -0.326 e. The third kappa shape index (κ3) is 2.80. The van der Waals surface area contributed by atoms with Crippen LogP contribution < -0.4 is 10.6 Å². The van der Waals surface area contributed by atoms with Gasteiger partial charge in [-0.3, -0.25) is 4.79 Å². The third-order valence-corrected chi connectivity index (χ3v) is 7.05. The molecule has 2 aliphatic rings. The molecular formula is C14H18BrN3O3S. The summed E-state index contributed by atoms with van der Waals surface area (Å²) in [7, 11) is -3.60. The quantitative estimate of drug-likeness (QED) is 0.801. The van der Waals surface area contributed by atoms with Gasteiger partial charge < -0.3 is 10.6 Å². The lowest BCUT2D eigenvalue weighted by molar-refractivity contribution is -0.116. The van der Waals surface area contributed by atoms with Gasteiger partial charge in [0, 0.05) is 42.3 Å². The zero-order valence-corrected chi connectivity index (χ0v) is 14.6. The number of hydrogen-bond acceptors (Lipinski definition) is 4. The first-order valence-electron chi connectivity index (χ1n) is 7.24. The molecule has 1 saturated heterocycles. The number of sulfonamides is 1. The fourth-order valence-electron chi connectivity index (χ4n) is 2.88. The fraction of sp³-hybridized carbons (Fsp3) is 0.500. The largest absolute Gasteiger partial charge is 0.326 e. The number of halogens is 1. The van der Waals surface area contributed by atoms with Crippen molar-refractivity contribution in [3.8, 4) is 0 Å². The van der Waals surface area contributed by atoms with Gasteiger partial charge in [-0.05, 0) is 47.0 Å². The summed E-state index contributed by atoms with van der Waals surface area (Å²) in [6.07, 6.45) is 1.06. The highest BCUT2D eigenvalue weighted by Gasteiger charge is 2.33. The first-order valence-corrected chi connectivity index (χ1v) is 9.48. The molecule has 0 aliphatic carbocycles. The second kappa shape index (κ2) is 5.92. The van der Waals surface area contributed by atoms with Crippen LogP contribution in [0.15, 0.2) is 21.5 Å². The molecule has 0 spiro atoms. The molecule has 1 amide bonds. The molecule has 2 aliphatic heterocycles. The second-order valence-corrected chi connectivity index (χ2v) is 8.37. The molecule has 3 rings (SSSR count). The Labute approximate surface area is 138 Å². The van der Waals surface area contributed by atoms with Crippen LogP contribution in [0.3, 0.4) is 0 Å². The molecule has 22 heavy (non-hydrogen) atoms. The molecule has 2 heterocycles. The summed E-state index contributed by atoms with van der Waals surface area (Å²) in [5.41, 5.74) is 1.56. The van der Waals surface area contributed by atoms with Gasteiger partial charge in [0.05, 0.1) is 4.90 Å². The average Bonchev–Trinajstić information content (AvgIpc) is 2.47. The first kappa shape index (κ1) is 15.9. The molecule has 2 N–H and O–H groups in total. The van der Waals surface area contributed by atoms with Crippen molar-refractivity contribution in [1.29, 1.82) is 0 Å². The van der Waals surface area contributed by atoms with Gasteiger partial charge in [0.25, 0.3) is 0 Å². The number of nitrogens with zero attached hydrogens (tertiary/aromatic N) is 1. The van der Waals surface area contributed by atoms with Crippen LogP contribution in [0.2, 0.25) is 0 Å². The summed E-state index contributed by atoms with van der Waals surface area (Å²) in [5.74, 6) is -0.0753.